The van der Waals surface area contributed by atoms with Crippen LogP contribution in [0.1, 0.15) is 0 Å². The van der Waals surface area contributed by atoms with Gasteiger partial charge < -0.3 is 17.3 Å². The highest BCUT2D eigenvalue weighted by atomic mass is 32.2. The minimum absolute atomic E-state index is 0.0108. The van der Waals surface area contributed by atoms with Crippen LogP contribution in [0.15, 0.2) is 0 Å². The zero-order valence-corrected chi connectivity index (χ0v) is 6.40. The predicted molar refractivity (Wildman–Crippen MR) is 35.4 cm³/mol. The van der Waals surface area contributed by atoms with Crippen molar-refractivity contribution in [3.05, 3.63) is 0 Å². The molecule has 0 unspecified atom stereocenters. The zero-order chi connectivity index (χ0) is 8.78. The topological polar surface area (TPSA) is 0 Å². The number of hydrogen-bond acceptors (Lipinski definition) is 0. The second-order valence-electron chi connectivity index (χ2n) is 1.59. The fourth-order valence-electron chi connectivity index (χ4n) is 0. The molecule has 0 saturated heterocycles. The van der Waals surface area contributed by atoms with Gasteiger partial charge in [-0.3, -0.25) is 0 Å². The van der Waals surface area contributed by atoms with Crippen molar-refractivity contribution < 1.29 is 21.7 Å². The first-order valence-corrected chi connectivity index (χ1v) is 4.46. The van der Waals surface area contributed by atoms with E-state index in [9.17, 15) is 21.7 Å². The molecule has 64 valence electrons. The largest absolute Gasteiger partial charge is 0.673 e. The van der Waals surface area contributed by atoms with Crippen LogP contribution in [-0.4, -0.2) is 25.8 Å². The molecule has 0 aromatic rings. The highest BCUT2D eigenvalue weighted by Crippen LogP contribution is 2.06. The summed E-state index contributed by atoms with van der Waals surface area (Å²) in [5.41, 5.74) is 0. The third-order valence-corrected chi connectivity index (χ3v) is 0.655. The third-order valence-electron chi connectivity index (χ3n) is 0.218. The summed E-state index contributed by atoms with van der Waals surface area (Å²) in [6.45, 7) is 0. The summed E-state index contributed by atoms with van der Waals surface area (Å²) < 4.78 is 50.1. The average molecular weight is 182 g/mol. The van der Waals surface area contributed by atoms with Gasteiger partial charge in [-0.1, -0.05) is 0 Å². The summed E-state index contributed by atoms with van der Waals surface area (Å²) in [6, 6.07) is -0.167. The Kier molecular flexibility index (Phi) is 7.40. The molecule has 0 aliphatic heterocycles. The van der Waals surface area contributed by atoms with Gasteiger partial charge in [-0.25, -0.2) is 0 Å². The maximum atomic E-state index is 11.1. The summed E-state index contributed by atoms with van der Waals surface area (Å²) in [6.07, 6.45) is 3.75. The highest BCUT2D eigenvalue weighted by Gasteiger charge is 2.20. The molecule has 0 spiro atoms. The molecule has 0 aliphatic rings. The number of halogens is 5. The van der Waals surface area contributed by atoms with E-state index in [2.05, 4.69) is 0 Å². The van der Waals surface area contributed by atoms with Crippen molar-refractivity contribution in [3.63, 3.8) is 0 Å². The summed E-state index contributed by atoms with van der Waals surface area (Å²) in [7, 11) is -5.99. The minimum Gasteiger partial charge on any atom is -0.418 e. The number of alkyl halides is 1. The Labute approximate surface area is 59.2 Å². The minimum atomic E-state index is -6.00. The Morgan fingerprint density at radius 3 is 1.20 bits per heavy atom. The third kappa shape index (κ3) is 94.4. The Morgan fingerprint density at radius 2 is 1.20 bits per heavy atom. The first-order valence-electron chi connectivity index (χ1n) is 2.25. The van der Waals surface area contributed by atoms with Gasteiger partial charge in [-0.05, 0) is 0 Å². The van der Waals surface area contributed by atoms with Crippen LogP contribution in [0, 0.1) is 0 Å². The molecule has 0 fully saturated rings. The molecule has 0 aliphatic carbocycles. The molecule has 0 N–H and O–H groups in total. The Morgan fingerprint density at radius 1 is 1.10 bits per heavy atom. The monoisotopic (exact) mass is 182 g/mol. The van der Waals surface area contributed by atoms with Crippen molar-refractivity contribution >= 4 is 18.1 Å². The molecule has 0 rings (SSSR count). The lowest BCUT2D eigenvalue weighted by atomic mass is 10.3. The van der Waals surface area contributed by atoms with E-state index in [1.807, 2.05) is 12.5 Å². The van der Waals surface area contributed by atoms with Crippen LogP contribution in [0.25, 0.3) is 0 Å². The van der Waals surface area contributed by atoms with Crippen molar-refractivity contribution in [1.29, 1.82) is 0 Å². The van der Waals surface area contributed by atoms with E-state index < -0.39 is 7.25 Å². The summed E-state index contributed by atoms with van der Waals surface area (Å²) in [5.74, 6) is 0. The summed E-state index contributed by atoms with van der Waals surface area (Å²) >= 11 is 0. The van der Waals surface area contributed by atoms with Crippen molar-refractivity contribution in [2.45, 2.75) is 0 Å². The maximum Gasteiger partial charge on any atom is 0.673 e. The molecule has 0 amide bonds. The van der Waals surface area contributed by atoms with E-state index in [0.717, 1.165) is 0 Å². The molecule has 7 heteroatoms. The maximum absolute atomic E-state index is 11.1. The molecule has 10 heavy (non-hydrogen) atoms. The van der Waals surface area contributed by atoms with Gasteiger partial charge in [0.15, 0.2) is 0 Å². The van der Waals surface area contributed by atoms with Gasteiger partial charge >= 0.3 is 7.25 Å². The molecule has 0 atom stereocenters. The van der Waals surface area contributed by atoms with Crippen LogP contribution in [0.2, 0.25) is 0 Å². The van der Waals surface area contributed by atoms with Crippen LogP contribution in [0.4, 0.5) is 21.7 Å². The van der Waals surface area contributed by atoms with Gasteiger partial charge in [-0.2, -0.15) is 4.39 Å². The predicted octanol–water partition coefficient (Wildman–Crippen LogP) is 2.09. The Balaban J connectivity index is 0. The molecule has 0 aromatic heterocycles. The van der Waals surface area contributed by atoms with E-state index >= 15 is 0 Å². The fraction of sp³-hybridized carbons (Fsp3) is 1.00. The second-order valence-corrected chi connectivity index (χ2v) is 3.78. The quantitative estimate of drug-likeness (QED) is 0.331. The Bertz CT molecular complexity index is 65.8. The van der Waals surface area contributed by atoms with E-state index in [4.69, 9.17) is 0 Å². The summed E-state index contributed by atoms with van der Waals surface area (Å²) in [4.78, 5) is 0. The van der Waals surface area contributed by atoms with Gasteiger partial charge in [0.25, 0.3) is 0 Å². The Hall–Kier alpha value is 0.0649. The van der Waals surface area contributed by atoms with E-state index in [-0.39, 0.29) is 16.9 Å². The average Bonchev–Trinajstić information content (AvgIpc) is 1.61. The van der Waals surface area contributed by atoms with Crippen LogP contribution in [0.3, 0.4) is 0 Å². The fourth-order valence-corrected chi connectivity index (χ4v) is 0. The van der Waals surface area contributed by atoms with Crippen LogP contribution in [-0.2, 0) is 10.9 Å². The SMILES string of the molecule is C[S+](C)CF.F[B-](F)(F)F. The van der Waals surface area contributed by atoms with Crippen LogP contribution >= 0.6 is 0 Å². The van der Waals surface area contributed by atoms with Crippen LogP contribution in [0.5, 0.6) is 0 Å². The molecule has 0 bridgehead atoms. The normalized spacial score (nSPS) is 10.8. The lowest BCUT2D eigenvalue weighted by molar-refractivity contribution is 0.368. The molecular weight excluding hydrogens is 174 g/mol. The summed E-state index contributed by atoms with van der Waals surface area (Å²) in [5, 5.41) is 0. The van der Waals surface area contributed by atoms with Gasteiger partial charge in [-0.15, -0.1) is 0 Å². The second kappa shape index (κ2) is 5.82. The van der Waals surface area contributed by atoms with Crippen molar-refractivity contribution in [1.82, 2.24) is 0 Å². The smallest absolute Gasteiger partial charge is 0.418 e. The van der Waals surface area contributed by atoms with E-state index in [1.54, 1.807) is 0 Å². The molecule has 0 heterocycles. The van der Waals surface area contributed by atoms with E-state index in [0.29, 0.717) is 0 Å². The lowest BCUT2D eigenvalue weighted by Crippen LogP contribution is -2.02. The van der Waals surface area contributed by atoms with E-state index in [1.165, 1.54) is 0 Å². The molecule has 0 saturated carbocycles. The number of rotatable bonds is 1. The van der Waals surface area contributed by atoms with Crippen molar-refractivity contribution in [2.75, 3.05) is 18.5 Å². The first kappa shape index (κ1) is 12.7. The standard InChI is InChI=1S/C3H8FS.BF4/c1-5(2)3-4;2-1(3,4)5/h3H2,1-2H3;/q+1;-1. The molecule has 0 radical (unpaired) electrons. The highest BCUT2D eigenvalue weighted by molar-refractivity contribution is 7.95. The van der Waals surface area contributed by atoms with Crippen molar-refractivity contribution in [3.8, 4) is 0 Å². The molecular formula is C3H8BF5S. The van der Waals surface area contributed by atoms with Crippen LogP contribution < -0.4 is 0 Å². The van der Waals surface area contributed by atoms with Gasteiger partial charge in [0.05, 0.1) is 12.5 Å². The van der Waals surface area contributed by atoms with Gasteiger partial charge in [0, 0.05) is 10.9 Å². The van der Waals surface area contributed by atoms with Gasteiger partial charge in [0.1, 0.15) is 0 Å². The molecule has 0 aromatic carbocycles. The van der Waals surface area contributed by atoms with Crippen molar-refractivity contribution in [2.24, 2.45) is 0 Å². The molecule has 0 nitrogen and oxygen atoms in total. The number of hydrogen-bond donors (Lipinski definition) is 0. The zero-order valence-electron chi connectivity index (χ0n) is 5.58. The first-order chi connectivity index (χ1) is 4.27. The van der Waals surface area contributed by atoms with Gasteiger partial charge in [0.2, 0.25) is 6.01 Å². The lowest BCUT2D eigenvalue weighted by Gasteiger charge is -1.94.